The van der Waals surface area contributed by atoms with Crippen LogP contribution in [0, 0.1) is 5.92 Å². The summed E-state index contributed by atoms with van der Waals surface area (Å²) in [5, 5.41) is 0. The second-order valence-corrected chi connectivity index (χ2v) is 5.04. The molecule has 1 saturated heterocycles. The van der Waals surface area contributed by atoms with Crippen LogP contribution in [0.5, 0.6) is 5.88 Å². The fraction of sp³-hybridized carbons (Fsp3) is 0.571. The zero-order chi connectivity index (χ0) is 13.7. The van der Waals surface area contributed by atoms with Gasteiger partial charge in [0, 0.05) is 19.2 Å². The number of nitrogens with zero attached hydrogens (tertiary/aromatic N) is 3. The molecule has 1 fully saturated rings. The Kier molecular flexibility index (Phi) is 4.60. The predicted octanol–water partition coefficient (Wildman–Crippen LogP) is 1.64. The van der Waals surface area contributed by atoms with Crippen LogP contribution in [0.1, 0.15) is 25.5 Å². The van der Waals surface area contributed by atoms with E-state index in [0.29, 0.717) is 24.3 Å². The highest BCUT2D eigenvalue weighted by atomic mass is 16.5. The predicted molar refractivity (Wildman–Crippen MR) is 76.1 cm³/mol. The lowest BCUT2D eigenvalue weighted by Gasteiger charge is -2.31. The molecule has 0 saturated carbocycles. The third-order valence-corrected chi connectivity index (χ3v) is 3.37. The van der Waals surface area contributed by atoms with Crippen molar-refractivity contribution in [1.82, 2.24) is 9.88 Å². The smallest absolute Gasteiger partial charge is 0.213 e. The van der Waals surface area contributed by atoms with Crippen LogP contribution in [0.3, 0.4) is 0 Å². The number of rotatable bonds is 3. The molecule has 2 rings (SSSR count). The first-order valence-corrected chi connectivity index (χ1v) is 6.74. The molecule has 2 heterocycles. The zero-order valence-electron chi connectivity index (χ0n) is 11.7. The Bertz CT molecular complexity index is 447. The summed E-state index contributed by atoms with van der Waals surface area (Å²) in [5.74, 6) is 1.92. The number of hydrogen-bond donors (Lipinski definition) is 1. The molecule has 0 aromatic carbocycles. The molecular weight excluding hydrogens is 240 g/mol. The van der Waals surface area contributed by atoms with Crippen molar-refractivity contribution in [2.24, 2.45) is 16.6 Å². The fourth-order valence-corrected chi connectivity index (χ4v) is 2.32. The Morgan fingerprint density at radius 2 is 2.42 bits per heavy atom. The first-order valence-electron chi connectivity index (χ1n) is 6.74. The Balaban J connectivity index is 1.96. The van der Waals surface area contributed by atoms with Crippen molar-refractivity contribution in [2.75, 3.05) is 20.2 Å². The van der Waals surface area contributed by atoms with Crippen molar-refractivity contribution < 1.29 is 4.74 Å². The van der Waals surface area contributed by atoms with Crippen LogP contribution in [0.4, 0.5) is 0 Å². The van der Waals surface area contributed by atoms with Gasteiger partial charge in [-0.15, -0.1) is 0 Å². The van der Waals surface area contributed by atoms with Crippen molar-refractivity contribution in [3.63, 3.8) is 0 Å². The highest BCUT2D eigenvalue weighted by molar-refractivity contribution is 5.78. The molecule has 0 radical (unpaired) electrons. The molecular formula is C14H22N4O. The van der Waals surface area contributed by atoms with Gasteiger partial charge in [-0.25, -0.2) is 9.98 Å². The lowest BCUT2D eigenvalue weighted by molar-refractivity contribution is 0.270. The van der Waals surface area contributed by atoms with Crippen molar-refractivity contribution in [3.05, 3.63) is 23.9 Å². The lowest BCUT2D eigenvalue weighted by Crippen LogP contribution is -2.43. The molecule has 1 aliphatic rings. The van der Waals surface area contributed by atoms with E-state index in [1.807, 2.05) is 18.2 Å². The molecule has 1 aliphatic heterocycles. The molecule has 1 unspecified atom stereocenters. The van der Waals surface area contributed by atoms with E-state index in [4.69, 9.17) is 10.5 Å². The third-order valence-electron chi connectivity index (χ3n) is 3.37. The summed E-state index contributed by atoms with van der Waals surface area (Å²) in [7, 11) is 1.61. The standard InChI is InChI=1S/C14H22N4O/c1-11-5-4-8-18(10-11)14(15)16-9-12-6-3-7-13(17-12)19-2/h3,6-7,11H,4-5,8-10H2,1-2H3,(H2,15,16). The Labute approximate surface area is 114 Å². The fourth-order valence-electron chi connectivity index (χ4n) is 2.32. The highest BCUT2D eigenvalue weighted by Crippen LogP contribution is 2.15. The van der Waals surface area contributed by atoms with Gasteiger partial charge in [-0.3, -0.25) is 0 Å². The minimum Gasteiger partial charge on any atom is -0.481 e. The Morgan fingerprint density at radius 1 is 1.58 bits per heavy atom. The van der Waals surface area contributed by atoms with Crippen LogP contribution in [-0.2, 0) is 6.54 Å². The second kappa shape index (κ2) is 6.41. The van der Waals surface area contributed by atoms with Gasteiger partial charge in [0.15, 0.2) is 5.96 Å². The number of hydrogen-bond acceptors (Lipinski definition) is 3. The molecule has 0 amide bonds. The quantitative estimate of drug-likeness (QED) is 0.664. The average molecular weight is 262 g/mol. The van der Waals surface area contributed by atoms with Crippen LogP contribution >= 0.6 is 0 Å². The molecule has 104 valence electrons. The number of methoxy groups -OCH3 is 1. The van der Waals surface area contributed by atoms with Gasteiger partial charge in [-0.2, -0.15) is 0 Å². The maximum atomic E-state index is 6.05. The van der Waals surface area contributed by atoms with Gasteiger partial charge in [0.05, 0.1) is 19.3 Å². The molecule has 1 aromatic rings. The number of likely N-dealkylation sites (tertiary alicyclic amines) is 1. The van der Waals surface area contributed by atoms with Crippen molar-refractivity contribution in [2.45, 2.75) is 26.3 Å². The van der Waals surface area contributed by atoms with E-state index in [1.54, 1.807) is 7.11 Å². The molecule has 5 nitrogen and oxygen atoms in total. The first kappa shape index (κ1) is 13.6. The highest BCUT2D eigenvalue weighted by Gasteiger charge is 2.17. The topological polar surface area (TPSA) is 63.7 Å². The van der Waals surface area contributed by atoms with E-state index in [0.717, 1.165) is 18.8 Å². The number of aliphatic imine (C=N–C) groups is 1. The van der Waals surface area contributed by atoms with E-state index >= 15 is 0 Å². The first-order chi connectivity index (χ1) is 9.19. The molecule has 0 aliphatic carbocycles. The third kappa shape index (κ3) is 3.84. The maximum Gasteiger partial charge on any atom is 0.213 e. The van der Waals surface area contributed by atoms with Crippen molar-refractivity contribution in [1.29, 1.82) is 0 Å². The zero-order valence-corrected chi connectivity index (χ0v) is 11.7. The van der Waals surface area contributed by atoms with Crippen LogP contribution < -0.4 is 10.5 Å². The average Bonchev–Trinajstić information content (AvgIpc) is 2.45. The summed E-state index contributed by atoms with van der Waals surface area (Å²) in [6.45, 7) is 4.75. The molecule has 1 atom stereocenters. The van der Waals surface area contributed by atoms with Gasteiger partial charge < -0.3 is 15.4 Å². The van der Waals surface area contributed by atoms with Crippen molar-refractivity contribution in [3.8, 4) is 5.88 Å². The van der Waals surface area contributed by atoms with E-state index in [2.05, 4.69) is 21.8 Å². The van der Waals surface area contributed by atoms with Gasteiger partial charge in [0.2, 0.25) is 5.88 Å². The van der Waals surface area contributed by atoms with E-state index in [9.17, 15) is 0 Å². The van der Waals surface area contributed by atoms with E-state index < -0.39 is 0 Å². The summed E-state index contributed by atoms with van der Waals surface area (Å²) in [6.07, 6.45) is 2.47. The summed E-state index contributed by atoms with van der Waals surface area (Å²) < 4.78 is 5.09. The molecule has 19 heavy (non-hydrogen) atoms. The summed E-state index contributed by atoms with van der Waals surface area (Å²) >= 11 is 0. The Hall–Kier alpha value is -1.78. The number of pyridine rings is 1. The number of nitrogens with two attached hydrogens (primary N) is 1. The SMILES string of the molecule is COc1cccc(CN=C(N)N2CCCC(C)C2)n1. The minimum atomic E-state index is 0.494. The molecule has 1 aromatic heterocycles. The van der Waals surface area contributed by atoms with Gasteiger partial charge in [0.25, 0.3) is 0 Å². The Morgan fingerprint density at radius 3 is 3.16 bits per heavy atom. The van der Waals surface area contributed by atoms with Gasteiger partial charge in [-0.05, 0) is 24.8 Å². The van der Waals surface area contributed by atoms with E-state index in [-0.39, 0.29) is 0 Å². The number of piperidine rings is 1. The summed E-state index contributed by atoms with van der Waals surface area (Å²) in [6, 6.07) is 5.66. The maximum absolute atomic E-state index is 6.05. The van der Waals surface area contributed by atoms with Crippen molar-refractivity contribution >= 4 is 5.96 Å². The molecule has 0 bridgehead atoms. The summed E-state index contributed by atoms with van der Waals surface area (Å²) in [5.41, 5.74) is 6.91. The lowest BCUT2D eigenvalue weighted by atomic mass is 10.0. The van der Waals surface area contributed by atoms with Crippen LogP contribution in [0.25, 0.3) is 0 Å². The van der Waals surface area contributed by atoms with Crippen LogP contribution in [0.2, 0.25) is 0 Å². The largest absolute Gasteiger partial charge is 0.481 e. The normalized spacial score (nSPS) is 20.4. The van der Waals surface area contributed by atoms with Crippen LogP contribution in [0.15, 0.2) is 23.2 Å². The molecule has 2 N–H and O–H groups in total. The minimum absolute atomic E-state index is 0.494. The molecule has 5 heteroatoms. The second-order valence-electron chi connectivity index (χ2n) is 5.04. The van der Waals surface area contributed by atoms with Gasteiger partial charge in [-0.1, -0.05) is 13.0 Å². The van der Waals surface area contributed by atoms with Crippen LogP contribution in [-0.4, -0.2) is 36.0 Å². The van der Waals surface area contributed by atoms with Gasteiger partial charge in [0.1, 0.15) is 0 Å². The number of guanidine groups is 1. The monoisotopic (exact) mass is 262 g/mol. The number of aromatic nitrogens is 1. The van der Waals surface area contributed by atoms with Gasteiger partial charge >= 0.3 is 0 Å². The molecule has 0 spiro atoms. The number of ether oxygens (including phenoxy) is 1. The van der Waals surface area contributed by atoms with E-state index in [1.165, 1.54) is 12.8 Å². The summed E-state index contributed by atoms with van der Waals surface area (Å²) in [4.78, 5) is 10.9.